The Bertz CT molecular complexity index is 876. The van der Waals surface area contributed by atoms with E-state index in [0.717, 1.165) is 4.90 Å². The third kappa shape index (κ3) is 4.36. The minimum Gasteiger partial charge on any atom is -0.308 e. The smallest absolute Gasteiger partial charge is 0.308 e. The molecule has 1 aromatic heterocycles. The number of thioether (sulfide) groups is 1. The maximum Gasteiger partial charge on any atom is 0.446 e. The molecule has 5 nitrogen and oxygen atoms in total. The molecule has 0 radical (unpaired) electrons. The molecule has 0 aliphatic carbocycles. The van der Waals surface area contributed by atoms with Gasteiger partial charge in [0.15, 0.2) is 0 Å². The molecule has 1 atom stereocenters. The summed E-state index contributed by atoms with van der Waals surface area (Å²) in [4.78, 5) is 31.4. The van der Waals surface area contributed by atoms with Gasteiger partial charge in [-0.05, 0) is 60.6 Å². The zero-order chi connectivity index (χ0) is 19.8. The number of pyridine rings is 1. The van der Waals surface area contributed by atoms with Gasteiger partial charge in [-0.3, -0.25) is 4.79 Å². The Balaban J connectivity index is 1.80. The number of anilines is 1. The van der Waals surface area contributed by atoms with Crippen LogP contribution in [0.25, 0.3) is 0 Å². The quantitative estimate of drug-likeness (QED) is 0.412. The number of hydrogen-bond donors (Lipinski definition) is 0. The third-order valence-electron chi connectivity index (χ3n) is 3.95. The fourth-order valence-electron chi connectivity index (χ4n) is 2.69. The Kier molecular flexibility index (Phi) is 5.34. The Hall–Kier alpha value is -2.26. The number of benzene rings is 1. The van der Waals surface area contributed by atoms with E-state index in [-0.39, 0.29) is 34.0 Å². The molecule has 1 fully saturated rings. The Morgan fingerprint density at radius 3 is 2.44 bits per heavy atom. The summed E-state index contributed by atoms with van der Waals surface area (Å²) in [6.07, 6.45) is 1.50. The second kappa shape index (κ2) is 7.40. The van der Waals surface area contributed by atoms with Crippen LogP contribution in [-0.2, 0) is 11.3 Å². The molecule has 1 saturated heterocycles. The first kappa shape index (κ1) is 19.5. The maximum absolute atomic E-state index is 12.7. The first-order chi connectivity index (χ1) is 12.7. The van der Waals surface area contributed by atoms with Crippen LogP contribution in [0.5, 0.6) is 0 Å². The highest BCUT2D eigenvalue weighted by Crippen LogP contribution is 2.37. The summed E-state index contributed by atoms with van der Waals surface area (Å²) < 4.78 is 37.3. The highest BCUT2D eigenvalue weighted by atomic mass is 35.5. The molecule has 27 heavy (non-hydrogen) atoms. The molecule has 0 bridgehead atoms. The molecule has 2 aromatic rings. The van der Waals surface area contributed by atoms with Gasteiger partial charge in [0.1, 0.15) is 11.2 Å². The highest BCUT2D eigenvalue weighted by molar-refractivity contribution is 8.00. The number of urea groups is 1. The van der Waals surface area contributed by atoms with Gasteiger partial charge in [-0.25, -0.2) is 14.7 Å². The van der Waals surface area contributed by atoms with Crippen molar-refractivity contribution in [2.45, 2.75) is 29.9 Å². The van der Waals surface area contributed by atoms with Crippen LogP contribution < -0.4 is 4.90 Å². The van der Waals surface area contributed by atoms with E-state index >= 15 is 0 Å². The third-order valence-corrected chi connectivity index (χ3v) is 4.90. The average molecular weight is 416 g/mol. The molecule has 3 rings (SSSR count). The number of nitrogens with zero attached hydrogens (tertiary/aromatic N) is 3. The number of rotatable bonds is 4. The van der Waals surface area contributed by atoms with Gasteiger partial charge < -0.3 is 4.90 Å². The lowest BCUT2D eigenvalue weighted by Gasteiger charge is -2.19. The number of amides is 3. The van der Waals surface area contributed by atoms with E-state index in [9.17, 15) is 22.8 Å². The van der Waals surface area contributed by atoms with Crippen molar-refractivity contribution in [2.75, 3.05) is 4.90 Å². The molecular formula is C17H13ClF3N3O2S. The average Bonchev–Trinajstić information content (AvgIpc) is 2.78. The predicted octanol–water partition coefficient (Wildman–Crippen LogP) is 4.70. The van der Waals surface area contributed by atoms with Crippen molar-refractivity contribution >= 4 is 41.0 Å². The van der Waals surface area contributed by atoms with Gasteiger partial charge in [-0.15, -0.1) is 0 Å². The van der Waals surface area contributed by atoms with E-state index in [1.807, 2.05) is 0 Å². The zero-order valence-corrected chi connectivity index (χ0v) is 15.5. The van der Waals surface area contributed by atoms with E-state index in [0.29, 0.717) is 5.56 Å². The van der Waals surface area contributed by atoms with Crippen LogP contribution in [0.2, 0.25) is 5.15 Å². The van der Waals surface area contributed by atoms with Crippen LogP contribution >= 0.6 is 23.4 Å². The number of alkyl halides is 3. The fourth-order valence-corrected chi connectivity index (χ4v) is 3.42. The zero-order valence-electron chi connectivity index (χ0n) is 13.9. The molecule has 1 aliphatic heterocycles. The molecule has 1 aliphatic rings. The number of imide groups is 1. The summed E-state index contributed by atoms with van der Waals surface area (Å²) in [5.74, 6) is -0.448. The number of carbonyl (C=O) groups is 2. The normalized spacial score (nSPS) is 17.7. The van der Waals surface area contributed by atoms with Crippen molar-refractivity contribution in [3.63, 3.8) is 0 Å². The van der Waals surface area contributed by atoms with Crippen molar-refractivity contribution in [3.05, 3.63) is 53.3 Å². The second-order valence-electron chi connectivity index (χ2n) is 5.79. The summed E-state index contributed by atoms with van der Waals surface area (Å²) in [6, 6.07) is 7.12. The molecule has 3 amide bonds. The lowest BCUT2D eigenvalue weighted by molar-refractivity contribution is -0.119. The lowest BCUT2D eigenvalue weighted by Crippen LogP contribution is -2.33. The molecular weight excluding hydrogens is 403 g/mol. The van der Waals surface area contributed by atoms with Crippen LogP contribution in [0.1, 0.15) is 12.5 Å². The fraction of sp³-hybridized carbons (Fsp3) is 0.235. The van der Waals surface area contributed by atoms with E-state index in [1.54, 1.807) is 19.1 Å². The predicted molar refractivity (Wildman–Crippen MR) is 95.5 cm³/mol. The number of carbonyl (C=O) groups excluding carboxylic acids is 2. The van der Waals surface area contributed by atoms with Crippen LogP contribution in [0.4, 0.5) is 23.7 Å². The minimum atomic E-state index is -4.40. The molecule has 0 saturated carbocycles. The standard InChI is InChI=1S/C17H13ClF3N3O2S/c1-10-15(25)24(12-2-4-13(5-3-12)27-17(19,20)21)16(26)23(10)9-11-6-7-22-14(18)8-11/h2-8,10H,9H2,1H3. The molecule has 0 N–H and O–H groups in total. The van der Waals surface area contributed by atoms with Crippen molar-refractivity contribution in [3.8, 4) is 0 Å². The summed E-state index contributed by atoms with van der Waals surface area (Å²) >= 11 is 5.58. The highest BCUT2D eigenvalue weighted by Gasteiger charge is 2.43. The first-order valence-corrected chi connectivity index (χ1v) is 8.96. The lowest BCUT2D eigenvalue weighted by atomic mass is 10.2. The summed E-state index contributed by atoms with van der Waals surface area (Å²) in [5, 5.41) is 0.271. The second-order valence-corrected chi connectivity index (χ2v) is 7.31. The van der Waals surface area contributed by atoms with Gasteiger partial charge in [-0.2, -0.15) is 13.2 Å². The Morgan fingerprint density at radius 2 is 1.85 bits per heavy atom. The molecule has 10 heteroatoms. The van der Waals surface area contributed by atoms with Crippen LogP contribution in [0.3, 0.4) is 0 Å². The summed E-state index contributed by atoms with van der Waals surface area (Å²) in [6.45, 7) is 1.75. The Labute approximate surface area is 162 Å². The number of aromatic nitrogens is 1. The number of hydrogen-bond acceptors (Lipinski definition) is 4. The van der Waals surface area contributed by atoms with Crippen LogP contribution in [0.15, 0.2) is 47.5 Å². The van der Waals surface area contributed by atoms with Gasteiger partial charge in [0.05, 0.1) is 5.69 Å². The molecule has 0 spiro atoms. The van der Waals surface area contributed by atoms with Crippen molar-refractivity contribution in [1.29, 1.82) is 0 Å². The van der Waals surface area contributed by atoms with E-state index in [1.165, 1.54) is 35.4 Å². The summed E-state index contributed by atoms with van der Waals surface area (Å²) in [5.41, 5.74) is -3.47. The van der Waals surface area contributed by atoms with Crippen molar-refractivity contribution in [1.82, 2.24) is 9.88 Å². The van der Waals surface area contributed by atoms with E-state index < -0.39 is 23.5 Å². The summed E-state index contributed by atoms with van der Waals surface area (Å²) in [7, 11) is 0. The van der Waals surface area contributed by atoms with Crippen molar-refractivity contribution in [2.24, 2.45) is 0 Å². The molecule has 1 aromatic carbocycles. The minimum absolute atomic E-state index is 0.0262. The van der Waals surface area contributed by atoms with Gasteiger partial charge in [0.25, 0.3) is 5.91 Å². The van der Waals surface area contributed by atoms with Gasteiger partial charge in [0, 0.05) is 17.6 Å². The monoisotopic (exact) mass is 415 g/mol. The first-order valence-electron chi connectivity index (χ1n) is 7.76. The SMILES string of the molecule is CC1C(=O)N(c2ccc(SC(F)(F)F)cc2)C(=O)N1Cc1ccnc(Cl)c1. The van der Waals surface area contributed by atoms with Gasteiger partial charge in [0.2, 0.25) is 0 Å². The molecule has 1 unspecified atom stereocenters. The van der Waals surface area contributed by atoms with E-state index in [4.69, 9.17) is 11.6 Å². The maximum atomic E-state index is 12.7. The van der Waals surface area contributed by atoms with Crippen molar-refractivity contribution < 1.29 is 22.8 Å². The van der Waals surface area contributed by atoms with Gasteiger partial charge in [-0.1, -0.05) is 11.6 Å². The number of halogens is 4. The topological polar surface area (TPSA) is 53.5 Å². The van der Waals surface area contributed by atoms with Gasteiger partial charge >= 0.3 is 11.5 Å². The molecule has 142 valence electrons. The van der Waals surface area contributed by atoms with Crippen LogP contribution in [0, 0.1) is 0 Å². The largest absolute Gasteiger partial charge is 0.446 e. The molecule has 2 heterocycles. The van der Waals surface area contributed by atoms with Crippen LogP contribution in [-0.4, -0.2) is 33.4 Å². The van der Waals surface area contributed by atoms with E-state index in [2.05, 4.69) is 4.98 Å². The Morgan fingerprint density at radius 1 is 1.19 bits per heavy atom.